The van der Waals surface area contributed by atoms with E-state index in [0.717, 1.165) is 17.8 Å². The van der Waals surface area contributed by atoms with Crippen LogP contribution in [0.15, 0.2) is 24.3 Å². The van der Waals surface area contributed by atoms with Gasteiger partial charge >= 0.3 is 0 Å². The molecule has 1 aromatic heterocycles. The number of hydrogen-bond donors (Lipinski definition) is 4. The summed E-state index contributed by atoms with van der Waals surface area (Å²) >= 11 is 0. The molecule has 0 saturated heterocycles. The summed E-state index contributed by atoms with van der Waals surface area (Å²) < 4.78 is 21.2. The van der Waals surface area contributed by atoms with E-state index in [-0.39, 0.29) is 80.9 Å². The predicted octanol–water partition coefficient (Wildman–Crippen LogP) is -0.221. The maximum Gasteiger partial charge on any atom is 0.274 e. The van der Waals surface area contributed by atoms with Gasteiger partial charge in [0.2, 0.25) is 17.7 Å². The Balaban J connectivity index is 1.82. The van der Waals surface area contributed by atoms with Gasteiger partial charge < -0.3 is 31.3 Å². The van der Waals surface area contributed by atoms with E-state index < -0.39 is 29.6 Å². The fourth-order valence-corrected chi connectivity index (χ4v) is 4.05. The first-order valence-corrected chi connectivity index (χ1v) is 12.9. The van der Waals surface area contributed by atoms with Crippen LogP contribution in [0.25, 0.3) is 0 Å². The lowest BCUT2D eigenvalue weighted by Gasteiger charge is -2.24. The second-order valence-electron chi connectivity index (χ2n) is 9.35. The number of nitrogens with one attached hydrogen (secondary N) is 3. The van der Waals surface area contributed by atoms with Gasteiger partial charge in [0, 0.05) is 45.2 Å². The molecule has 5 amide bonds. The summed E-state index contributed by atoms with van der Waals surface area (Å²) in [6.07, 6.45) is 0.211. The molecule has 216 valence electrons. The fourth-order valence-electron chi connectivity index (χ4n) is 4.05. The number of aromatic nitrogens is 2. The van der Waals surface area contributed by atoms with Crippen LogP contribution in [0.4, 0.5) is 4.39 Å². The lowest BCUT2D eigenvalue weighted by molar-refractivity contribution is -0.123. The SMILES string of the molecule is Cc1cc(C(=O)N2CCCC(=O)NCCOc3ccc(F)cc3C(=O)N[C@@H](CCC(N)=O)C(=O)NCC2)nn1C. The lowest BCUT2D eigenvalue weighted by atomic mass is 10.1. The Morgan fingerprint density at radius 1 is 1.15 bits per heavy atom. The molecule has 0 saturated carbocycles. The highest BCUT2D eigenvalue weighted by Gasteiger charge is 2.25. The average Bonchev–Trinajstić information content (AvgIpc) is 3.25. The van der Waals surface area contributed by atoms with Crippen LogP contribution in [-0.4, -0.2) is 83.0 Å². The number of halogens is 1. The third kappa shape index (κ3) is 8.51. The first-order chi connectivity index (χ1) is 19.0. The van der Waals surface area contributed by atoms with Gasteiger partial charge in [0.25, 0.3) is 11.8 Å². The van der Waals surface area contributed by atoms with Crippen molar-refractivity contribution in [2.45, 2.75) is 38.6 Å². The smallest absolute Gasteiger partial charge is 0.274 e. The van der Waals surface area contributed by atoms with Crippen molar-refractivity contribution in [3.63, 3.8) is 0 Å². The summed E-state index contributed by atoms with van der Waals surface area (Å²) in [5.74, 6) is -3.34. The molecular weight excluding hydrogens is 525 g/mol. The van der Waals surface area contributed by atoms with Crippen LogP contribution < -0.4 is 26.4 Å². The quantitative estimate of drug-likeness (QED) is 0.400. The van der Waals surface area contributed by atoms with E-state index >= 15 is 0 Å². The zero-order valence-electron chi connectivity index (χ0n) is 22.5. The van der Waals surface area contributed by atoms with Gasteiger partial charge in [0.15, 0.2) is 5.69 Å². The number of rotatable bonds is 4. The van der Waals surface area contributed by atoms with Crippen LogP contribution in [0.5, 0.6) is 5.75 Å². The minimum atomic E-state index is -1.17. The number of nitrogens with zero attached hydrogens (tertiary/aromatic N) is 3. The second-order valence-corrected chi connectivity index (χ2v) is 9.35. The monoisotopic (exact) mass is 559 g/mol. The van der Waals surface area contributed by atoms with Crippen LogP contribution in [-0.2, 0) is 21.4 Å². The van der Waals surface area contributed by atoms with Crippen molar-refractivity contribution in [1.82, 2.24) is 30.6 Å². The van der Waals surface area contributed by atoms with Crippen LogP contribution in [0.2, 0.25) is 0 Å². The van der Waals surface area contributed by atoms with Gasteiger partial charge in [0.1, 0.15) is 24.2 Å². The summed E-state index contributed by atoms with van der Waals surface area (Å²) in [5.41, 5.74) is 6.10. The summed E-state index contributed by atoms with van der Waals surface area (Å²) in [6, 6.07) is 3.84. The van der Waals surface area contributed by atoms with E-state index in [1.165, 1.54) is 11.0 Å². The predicted molar refractivity (Wildman–Crippen MR) is 141 cm³/mol. The number of carbonyl (C=O) groups is 5. The van der Waals surface area contributed by atoms with Crippen molar-refractivity contribution in [3.05, 3.63) is 47.0 Å². The Hall–Kier alpha value is -4.49. The van der Waals surface area contributed by atoms with Crippen LogP contribution in [0, 0.1) is 12.7 Å². The highest BCUT2D eigenvalue weighted by molar-refractivity contribution is 6.00. The molecule has 0 bridgehead atoms. The molecule has 40 heavy (non-hydrogen) atoms. The van der Waals surface area contributed by atoms with E-state index in [4.69, 9.17) is 10.5 Å². The highest BCUT2D eigenvalue weighted by atomic mass is 19.1. The molecule has 1 aromatic carbocycles. The molecule has 2 aromatic rings. The summed E-state index contributed by atoms with van der Waals surface area (Å²) in [5, 5.41) is 12.1. The summed E-state index contributed by atoms with van der Waals surface area (Å²) in [7, 11) is 1.72. The standard InChI is InChI=1S/C26H34FN7O6/c1-16-14-20(32-33(16)2)26(39)34-11-3-4-23(36)29-10-13-40-21-7-5-17(27)15-18(21)24(37)31-19(6-8-22(28)35)25(38)30-9-12-34/h5,7,14-15,19H,3-4,6,8-13H2,1-2H3,(H2,28,35)(H,29,36)(H,30,38)(H,31,37)/t19-/m0/s1. The molecule has 0 unspecified atom stereocenters. The zero-order chi connectivity index (χ0) is 29.2. The number of primary amides is 1. The van der Waals surface area contributed by atoms with E-state index in [1.54, 1.807) is 17.8 Å². The Kier molecular flexibility index (Phi) is 10.6. The van der Waals surface area contributed by atoms with Crippen LogP contribution >= 0.6 is 0 Å². The van der Waals surface area contributed by atoms with Gasteiger partial charge in [-0.25, -0.2) is 4.39 Å². The molecule has 0 spiro atoms. The van der Waals surface area contributed by atoms with E-state index in [2.05, 4.69) is 21.0 Å². The van der Waals surface area contributed by atoms with Crippen molar-refractivity contribution < 1.29 is 33.1 Å². The minimum absolute atomic E-state index is 0.00706. The average molecular weight is 560 g/mol. The summed E-state index contributed by atoms with van der Waals surface area (Å²) in [6.45, 7) is 2.27. The van der Waals surface area contributed by atoms with E-state index in [1.807, 2.05) is 6.92 Å². The number of ether oxygens (including phenoxy) is 1. The Morgan fingerprint density at radius 2 is 1.93 bits per heavy atom. The third-order valence-corrected chi connectivity index (χ3v) is 6.30. The fraction of sp³-hybridized carbons (Fsp3) is 0.462. The second kappa shape index (κ2) is 14.1. The normalized spacial score (nSPS) is 17.8. The van der Waals surface area contributed by atoms with Gasteiger partial charge in [-0.3, -0.25) is 28.7 Å². The lowest BCUT2D eigenvalue weighted by Crippen LogP contribution is -2.49. The van der Waals surface area contributed by atoms with Gasteiger partial charge in [-0.15, -0.1) is 0 Å². The molecule has 3 rings (SSSR count). The molecule has 0 radical (unpaired) electrons. The largest absolute Gasteiger partial charge is 0.491 e. The maximum absolute atomic E-state index is 14.0. The molecule has 5 N–H and O–H groups in total. The van der Waals surface area contributed by atoms with Crippen molar-refractivity contribution in [2.24, 2.45) is 12.8 Å². The van der Waals surface area contributed by atoms with Crippen LogP contribution in [0.1, 0.15) is 52.2 Å². The highest BCUT2D eigenvalue weighted by Crippen LogP contribution is 2.20. The van der Waals surface area contributed by atoms with E-state index in [9.17, 15) is 28.4 Å². The topological polar surface area (TPSA) is 178 Å². The Morgan fingerprint density at radius 3 is 2.62 bits per heavy atom. The molecule has 2 heterocycles. The van der Waals surface area contributed by atoms with Crippen molar-refractivity contribution in [1.29, 1.82) is 0 Å². The zero-order valence-corrected chi connectivity index (χ0v) is 22.5. The first kappa shape index (κ1) is 30.1. The molecule has 1 aliphatic heterocycles. The molecule has 0 fully saturated rings. The molecule has 14 heteroatoms. The van der Waals surface area contributed by atoms with Gasteiger partial charge in [-0.2, -0.15) is 5.10 Å². The molecule has 0 aliphatic carbocycles. The van der Waals surface area contributed by atoms with Crippen LogP contribution in [0.3, 0.4) is 0 Å². The Bertz CT molecular complexity index is 1240. The number of carbonyl (C=O) groups excluding carboxylic acids is 5. The third-order valence-electron chi connectivity index (χ3n) is 6.30. The number of amides is 5. The molecule has 1 atom stereocenters. The van der Waals surface area contributed by atoms with E-state index in [0.29, 0.717) is 6.42 Å². The van der Waals surface area contributed by atoms with Gasteiger partial charge in [-0.05, 0) is 44.0 Å². The van der Waals surface area contributed by atoms with Gasteiger partial charge in [-0.1, -0.05) is 0 Å². The number of fused-ring (bicyclic) bond motifs is 1. The molecular formula is C26H34FN7O6. The number of nitrogens with two attached hydrogens (primary N) is 1. The van der Waals surface area contributed by atoms with Gasteiger partial charge in [0.05, 0.1) is 12.1 Å². The number of benzene rings is 1. The number of hydrogen-bond acceptors (Lipinski definition) is 7. The van der Waals surface area contributed by atoms with Crippen molar-refractivity contribution in [2.75, 3.05) is 32.8 Å². The van der Waals surface area contributed by atoms with Crippen molar-refractivity contribution in [3.8, 4) is 5.75 Å². The van der Waals surface area contributed by atoms with Crippen molar-refractivity contribution >= 4 is 29.5 Å². The number of aryl methyl sites for hydroxylation is 2. The Labute approximate surface area is 230 Å². The summed E-state index contributed by atoms with van der Waals surface area (Å²) in [4.78, 5) is 64.4. The molecule has 1 aliphatic rings. The molecule has 13 nitrogen and oxygen atoms in total. The maximum atomic E-state index is 14.0. The minimum Gasteiger partial charge on any atom is -0.491 e. The first-order valence-electron chi connectivity index (χ1n) is 12.9.